The van der Waals surface area contributed by atoms with Gasteiger partial charge in [0, 0.05) is 0 Å². The molecule has 2 atom stereocenters. The molecule has 1 aliphatic carbocycles. The Morgan fingerprint density at radius 1 is 1.17 bits per heavy atom. The Kier molecular flexibility index (Phi) is 2.58. The second kappa shape index (κ2) is 4.12. The van der Waals surface area contributed by atoms with Crippen LogP contribution in [-0.2, 0) is 4.79 Å². The van der Waals surface area contributed by atoms with Crippen LogP contribution in [0.4, 0.5) is 4.79 Å². The standard InChI is InChI=1S/C14H16N2O2/c17-12-14(16-13(18)15-12)8-4-7-11(9-14)10-5-2-1-3-6-10/h1-3,5-6,11H,4,7-9H2,(H2,15,16,17,18). The van der Waals surface area contributed by atoms with Crippen LogP contribution in [0.25, 0.3) is 0 Å². The summed E-state index contributed by atoms with van der Waals surface area (Å²) in [6.07, 6.45) is 3.49. The van der Waals surface area contributed by atoms with Crippen molar-refractivity contribution in [1.82, 2.24) is 10.6 Å². The van der Waals surface area contributed by atoms with Gasteiger partial charge in [-0.2, -0.15) is 0 Å². The lowest BCUT2D eigenvalue weighted by molar-refractivity contribution is -0.125. The molecule has 18 heavy (non-hydrogen) atoms. The van der Waals surface area contributed by atoms with Crippen molar-refractivity contribution < 1.29 is 9.59 Å². The van der Waals surface area contributed by atoms with E-state index in [0.717, 1.165) is 19.3 Å². The van der Waals surface area contributed by atoms with E-state index < -0.39 is 5.54 Å². The normalized spacial score (nSPS) is 31.2. The number of amides is 3. The highest BCUT2D eigenvalue weighted by atomic mass is 16.2. The molecule has 2 fully saturated rings. The Morgan fingerprint density at radius 3 is 2.61 bits per heavy atom. The lowest BCUT2D eigenvalue weighted by Gasteiger charge is -2.35. The van der Waals surface area contributed by atoms with Crippen LogP contribution in [0.3, 0.4) is 0 Å². The number of imide groups is 1. The number of nitrogens with one attached hydrogen (secondary N) is 2. The van der Waals surface area contributed by atoms with E-state index >= 15 is 0 Å². The maximum Gasteiger partial charge on any atom is 0.322 e. The first-order valence-electron chi connectivity index (χ1n) is 6.38. The zero-order valence-corrected chi connectivity index (χ0v) is 10.1. The van der Waals surface area contributed by atoms with Gasteiger partial charge in [-0.1, -0.05) is 30.3 Å². The van der Waals surface area contributed by atoms with Gasteiger partial charge in [0.25, 0.3) is 5.91 Å². The van der Waals surface area contributed by atoms with Crippen LogP contribution in [0.15, 0.2) is 30.3 Å². The van der Waals surface area contributed by atoms with E-state index in [-0.39, 0.29) is 11.9 Å². The smallest absolute Gasteiger partial charge is 0.322 e. The molecule has 4 nitrogen and oxygen atoms in total. The molecule has 2 aliphatic rings. The lowest BCUT2D eigenvalue weighted by atomic mass is 9.73. The summed E-state index contributed by atoms with van der Waals surface area (Å²) in [4.78, 5) is 23.3. The molecule has 3 rings (SSSR count). The third-order valence-electron chi connectivity index (χ3n) is 4.04. The van der Waals surface area contributed by atoms with Crippen molar-refractivity contribution in [3.8, 4) is 0 Å². The quantitative estimate of drug-likeness (QED) is 0.741. The number of urea groups is 1. The fourth-order valence-corrected chi connectivity index (χ4v) is 3.13. The van der Waals surface area contributed by atoms with Crippen LogP contribution in [0.5, 0.6) is 0 Å². The van der Waals surface area contributed by atoms with Gasteiger partial charge in [-0.3, -0.25) is 10.1 Å². The largest absolute Gasteiger partial charge is 0.323 e. The summed E-state index contributed by atoms with van der Waals surface area (Å²) in [5.41, 5.74) is 0.584. The van der Waals surface area contributed by atoms with E-state index in [0.29, 0.717) is 12.3 Å². The maximum absolute atomic E-state index is 11.9. The van der Waals surface area contributed by atoms with Gasteiger partial charge in [0.15, 0.2) is 0 Å². The van der Waals surface area contributed by atoms with Gasteiger partial charge in [0.2, 0.25) is 0 Å². The molecule has 1 aliphatic heterocycles. The third kappa shape index (κ3) is 1.78. The Hall–Kier alpha value is -1.84. The van der Waals surface area contributed by atoms with Crippen LogP contribution in [0, 0.1) is 0 Å². The van der Waals surface area contributed by atoms with Crippen LogP contribution in [-0.4, -0.2) is 17.5 Å². The first kappa shape index (κ1) is 11.3. The zero-order valence-electron chi connectivity index (χ0n) is 10.1. The fourth-order valence-electron chi connectivity index (χ4n) is 3.13. The highest BCUT2D eigenvalue weighted by Crippen LogP contribution is 2.39. The van der Waals surface area contributed by atoms with Crippen LogP contribution < -0.4 is 10.6 Å². The predicted octanol–water partition coefficient (Wildman–Crippen LogP) is 1.92. The molecule has 1 heterocycles. The highest BCUT2D eigenvalue weighted by Gasteiger charge is 2.48. The summed E-state index contributed by atoms with van der Waals surface area (Å²) >= 11 is 0. The molecule has 0 aromatic heterocycles. The molecule has 2 N–H and O–H groups in total. The SMILES string of the molecule is O=C1NC(=O)C2(CCCC(c3ccccc3)C2)N1. The minimum atomic E-state index is -0.671. The Bertz CT molecular complexity index is 486. The van der Waals surface area contributed by atoms with E-state index in [1.807, 2.05) is 18.2 Å². The van der Waals surface area contributed by atoms with Gasteiger partial charge in [-0.15, -0.1) is 0 Å². The van der Waals surface area contributed by atoms with Crippen LogP contribution >= 0.6 is 0 Å². The second-order valence-electron chi connectivity index (χ2n) is 5.19. The molecule has 0 radical (unpaired) electrons. The van der Waals surface area contributed by atoms with Crippen molar-refractivity contribution in [3.05, 3.63) is 35.9 Å². The molecule has 0 bridgehead atoms. The Labute approximate surface area is 106 Å². The number of hydrogen-bond donors (Lipinski definition) is 2. The molecule has 1 saturated carbocycles. The zero-order chi connectivity index (χ0) is 12.6. The molecule has 4 heteroatoms. The van der Waals surface area contributed by atoms with Crippen molar-refractivity contribution in [1.29, 1.82) is 0 Å². The van der Waals surface area contributed by atoms with Crippen LogP contribution in [0.1, 0.15) is 37.2 Å². The highest BCUT2D eigenvalue weighted by molar-refractivity contribution is 6.07. The summed E-state index contributed by atoms with van der Waals surface area (Å²) in [6.45, 7) is 0. The van der Waals surface area contributed by atoms with Crippen molar-refractivity contribution in [3.63, 3.8) is 0 Å². The molecule has 1 spiro atoms. The summed E-state index contributed by atoms with van der Waals surface area (Å²) in [7, 11) is 0. The first-order chi connectivity index (χ1) is 8.70. The van der Waals surface area contributed by atoms with Crippen molar-refractivity contribution in [2.75, 3.05) is 0 Å². The molecule has 1 saturated heterocycles. The van der Waals surface area contributed by atoms with Gasteiger partial charge in [-0.05, 0) is 37.2 Å². The first-order valence-corrected chi connectivity index (χ1v) is 6.38. The van der Waals surface area contributed by atoms with Gasteiger partial charge in [-0.25, -0.2) is 4.79 Å². The van der Waals surface area contributed by atoms with Gasteiger partial charge < -0.3 is 5.32 Å². The van der Waals surface area contributed by atoms with Gasteiger partial charge >= 0.3 is 6.03 Å². The molecular weight excluding hydrogens is 228 g/mol. The van der Waals surface area contributed by atoms with Gasteiger partial charge in [0.1, 0.15) is 5.54 Å². The van der Waals surface area contributed by atoms with Crippen LogP contribution in [0.2, 0.25) is 0 Å². The summed E-state index contributed by atoms with van der Waals surface area (Å²) in [5, 5.41) is 5.18. The molecular formula is C14H16N2O2. The summed E-state index contributed by atoms with van der Waals surface area (Å²) < 4.78 is 0. The van der Waals surface area contributed by atoms with E-state index in [2.05, 4.69) is 22.8 Å². The number of rotatable bonds is 1. The Balaban J connectivity index is 1.85. The number of carbonyl (C=O) groups excluding carboxylic acids is 2. The maximum atomic E-state index is 11.9. The average Bonchev–Trinajstić information content (AvgIpc) is 2.65. The number of benzene rings is 1. The van der Waals surface area contributed by atoms with Gasteiger partial charge in [0.05, 0.1) is 0 Å². The van der Waals surface area contributed by atoms with E-state index in [9.17, 15) is 9.59 Å². The van der Waals surface area contributed by atoms with E-state index in [4.69, 9.17) is 0 Å². The fraction of sp³-hybridized carbons (Fsp3) is 0.429. The topological polar surface area (TPSA) is 58.2 Å². The molecule has 1 aromatic rings. The van der Waals surface area contributed by atoms with E-state index in [1.165, 1.54) is 5.56 Å². The summed E-state index contributed by atoms with van der Waals surface area (Å²) in [6, 6.07) is 9.87. The molecule has 94 valence electrons. The predicted molar refractivity (Wildman–Crippen MR) is 67.1 cm³/mol. The molecule has 1 aromatic carbocycles. The average molecular weight is 244 g/mol. The minimum Gasteiger partial charge on any atom is -0.323 e. The number of hydrogen-bond acceptors (Lipinski definition) is 2. The van der Waals surface area contributed by atoms with Crippen molar-refractivity contribution >= 4 is 11.9 Å². The van der Waals surface area contributed by atoms with E-state index in [1.54, 1.807) is 0 Å². The molecule has 3 amide bonds. The number of carbonyl (C=O) groups is 2. The lowest BCUT2D eigenvalue weighted by Crippen LogP contribution is -2.49. The minimum absolute atomic E-state index is 0.159. The van der Waals surface area contributed by atoms with Crippen molar-refractivity contribution in [2.45, 2.75) is 37.1 Å². The summed E-state index contributed by atoms with van der Waals surface area (Å²) in [5.74, 6) is 0.192. The third-order valence-corrected chi connectivity index (χ3v) is 4.04. The molecule has 2 unspecified atom stereocenters. The van der Waals surface area contributed by atoms with Crippen molar-refractivity contribution in [2.24, 2.45) is 0 Å². The monoisotopic (exact) mass is 244 g/mol. The Morgan fingerprint density at radius 2 is 1.94 bits per heavy atom. The second-order valence-corrected chi connectivity index (χ2v) is 5.19.